The maximum atomic E-state index is 11.5. The van der Waals surface area contributed by atoms with Gasteiger partial charge < -0.3 is 4.74 Å². The first-order chi connectivity index (χ1) is 7.78. The van der Waals surface area contributed by atoms with Gasteiger partial charge in [-0.15, -0.1) is 0 Å². The van der Waals surface area contributed by atoms with Crippen molar-refractivity contribution in [1.29, 1.82) is 0 Å². The van der Waals surface area contributed by atoms with Crippen molar-refractivity contribution >= 4 is 17.7 Å². The second kappa shape index (κ2) is 4.95. The lowest BCUT2D eigenvalue weighted by Gasteiger charge is -2.19. The fourth-order valence-corrected chi connectivity index (χ4v) is 1.13. The zero-order valence-electron chi connectivity index (χ0n) is 10.4. The van der Waals surface area contributed by atoms with Gasteiger partial charge >= 0.3 is 6.09 Å². The molecule has 0 atom stereocenters. The van der Waals surface area contributed by atoms with Crippen molar-refractivity contribution < 1.29 is 14.3 Å². The van der Waals surface area contributed by atoms with Crippen LogP contribution in [0.4, 0.5) is 10.6 Å². The Hall–Kier alpha value is -1.91. The molecule has 0 radical (unpaired) electrons. The summed E-state index contributed by atoms with van der Waals surface area (Å²) in [6, 6.07) is 3.09. The Labute approximate surface area is 100 Å². The summed E-state index contributed by atoms with van der Waals surface area (Å²) in [4.78, 5) is 26.5. The molecule has 0 saturated carbocycles. The number of rotatable bonds is 2. The van der Waals surface area contributed by atoms with Gasteiger partial charge in [0.25, 0.3) is 0 Å². The summed E-state index contributed by atoms with van der Waals surface area (Å²) in [6.45, 7) is 6.76. The van der Waals surface area contributed by atoms with Crippen LogP contribution in [0.25, 0.3) is 0 Å². The molecule has 1 amide bonds. The number of nitrogens with one attached hydrogen (secondary N) is 1. The van der Waals surface area contributed by atoms with Crippen molar-refractivity contribution in [1.82, 2.24) is 4.98 Å². The van der Waals surface area contributed by atoms with Crippen molar-refractivity contribution in [3.8, 4) is 0 Å². The van der Waals surface area contributed by atoms with E-state index in [-0.39, 0.29) is 5.78 Å². The van der Waals surface area contributed by atoms with E-state index in [1.165, 1.54) is 19.2 Å². The Morgan fingerprint density at radius 1 is 1.35 bits per heavy atom. The maximum absolute atomic E-state index is 11.5. The zero-order chi connectivity index (χ0) is 13.1. The number of carbonyl (C=O) groups is 2. The first kappa shape index (κ1) is 13.2. The second-order valence-electron chi connectivity index (χ2n) is 4.61. The second-order valence-corrected chi connectivity index (χ2v) is 4.61. The van der Waals surface area contributed by atoms with Crippen molar-refractivity contribution in [2.24, 2.45) is 0 Å². The number of pyridine rings is 1. The van der Waals surface area contributed by atoms with Gasteiger partial charge in [0.2, 0.25) is 0 Å². The topological polar surface area (TPSA) is 68.3 Å². The number of hydrogen-bond acceptors (Lipinski definition) is 4. The number of nitrogens with zero attached hydrogens (tertiary/aromatic N) is 1. The van der Waals surface area contributed by atoms with Crippen LogP contribution in [0.2, 0.25) is 0 Å². The third-order valence-electron chi connectivity index (χ3n) is 1.80. The monoisotopic (exact) mass is 236 g/mol. The molecular weight excluding hydrogens is 220 g/mol. The van der Waals surface area contributed by atoms with Gasteiger partial charge in [0, 0.05) is 11.8 Å². The summed E-state index contributed by atoms with van der Waals surface area (Å²) >= 11 is 0. The molecule has 0 saturated heterocycles. The number of Topliss-reactive ketones (excluding diaryl/α,β-unsaturated/α-hetero) is 1. The summed E-state index contributed by atoms with van der Waals surface area (Å²) in [5, 5.41) is 2.47. The van der Waals surface area contributed by atoms with Crippen LogP contribution in [0.15, 0.2) is 18.3 Å². The first-order valence-corrected chi connectivity index (χ1v) is 5.25. The fraction of sp³-hybridized carbons (Fsp3) is 0.417. The fourth-order valence-electron chi connectivity index (χ4n) is 1.13. The quantitative estimate of drug-likeness (QED) is 0.801. The van der Waals surface area contributed by atoms with E-state index in [0.717, 1.165) is 0 Å². The Morgan fingerprint density at radius 2 is 2.00 bits per heavy atom. The summed E-state index contributed by atoms with van der Waals surface area (Å²) in [5.41, 5.74) is -0.0755. The molecule has 0 aromatic carbocycles. The van der Waals surface area contributed by atoms with Gasteiger partial charge in [-0.1, -0.05) is 0 Å². The van der Waals surface area contributed by atoms with Crippen LogP contribution in [0, 0.1) is 0 Å². The molecule has 1 rings (SSSR count). The number of anilines is 1. The molecule has 1 aromatic heterocycles. The molecule has 1 N–H and O–H groups in total. The molecule has 0 spiro atoms. The molecule has 5 nitrogen and oxygen atoms in total. The van der Waals surface area contributed by atoms with Gasteiger partial charge in [-0.3, -0.25) is 10.1 Å². The lowest BCUT2D eigenvalue weighted by molar-refractivity contribution is 0.0635. The first-order valence-electron chi connectivity index (χ1n) is 5.25. The molecule has 0 unspecified atom stereocenters. The van der Waals surface area contributed by atoms with Crippen LogP contribution < -0.4 is 5.32 Å². The smallest absolute Gasteiger partial charge is 0.413 e. The molecule has 92 valence electrons. The van der Waals surface area contributed by atoms with Crippen LogP contribution in [-0.4, -0.2) is 22.5 Å². The minimum atomic E-state index is -0.592. The molecule has 1 aromatic rings. The standard InChI is InChI=1S/C12H16N2O3/c1-8(15)9-5-6-13-10(7-9)14-11(16)17-12(2,3)4/h5-7H,1-4H3,(H,13,14,16). The average Bonchev–Trinajstić information content (AvgIpc) is 2.14. The van der Waals surface area contributed by atoms with E-state index in [4.69, 9.17) is 4.74 Å². The molecule has 17 heavy (non-hydrogen) atoms. The van der Waals surface area contributed by atoms with E-state index < -0.39 is 11.7 Å². The number of ketones is 1. The highest BCUT2D eigenvalue weighted by atomic mass is 16.6. The summed E-state index contributed by atoms with van der Waals surface area (Å²) in [7, 11) is 0. The number of hydrogen-bond donors (Lipinski definition) is 1. The molecule has 1 heterocycles. The maximum Gasteiger partial charge on any atom is 0.413 e. The third-order valence-corrected chi connectivity index (χ3v) is 1.80. The Morgan fingerprint density at radius 3 is 2.53 bits per heavy atom. The molecule has 0 aliphatic heterocycles. The summed E-state index contributed by atoms with van der Waals surface area (Å²) < 4.78 is 5.07. The molecule has 0 aliphatic carbocycles. The van der Waals surface area contributed by atoms with Crippen LogP contribution in [0.5, 0.6) is 0 Å². The van der Waals surface area contributed by atoms with E-state index in [9.17, 15) is 9.59 Å². The average molecular weight is 236 g/mol. The number of amides is 1. The van der Waals surface area contributed by atoms with Gasteiger partial charge in [0.1, 0.15) is 11.4 Å². The Balaban J connectivity index is 2.72. The lowest BCUT2D eigenvalue weighted by Crippen LogP contribution is -2.27. The van der Waals surface area contributed by atoms with Crippen LogP contribution in [0.3, 0.4) is 0 Å². The molecule has 0 bridgehead atoms. The number of carbonyl (C=O) groups excluding carboxylic acids is 2. The Bertz CT molecular complexity index is 436. The highest BCUT2D eigenvalue weighted by Gasteiger charge is 2.16. The molecule has 0 fully saturated rings. The van der Waals surface area contributed by atoms with Crippen molar-refractivity contribution in [2.45, 2.75) is 33.3 Å². The minimum absolute atomic E-state index is 0.0837. The van der Waals surface area contributed by atoms with E-state index in [1.807, 2.05) is 0 Å². The van der Waals surface area contributed by atoms with Crippen molar-refractivity contribution in [3.63, 3.8) is 0 Å². The minimum Gasteiger partial charge on any atom is -0.444 e. The van der Waals surface area contributed by atoms with Crippen molar-refractivity contribution in [3.05, 3.63) is 23.9 Å². The van der Waals surface area contributed by atoms with Gasteiger partial charge in [-0.05, 0) is 39.8 Å². The van der Waals surface area contributed by atoms with E-state index in [0.29, 0.717) is 11.4 Å². The van der Waals surface area contributed by atoms with Crippen LogP contribution >= 0.6 is 0 Å². The van der Waals surface area contributed by atoms with E-state index >= 15 is 0 Å². The van der Waals surface area contributed by atoms with Gasteiger partial charge in [0.15, 0.2) is 5.78 Å². The SMILES string of the molecule is CC(=O)c1ccnc(NC(=O)OC(C)(C)C)c1. The van der Waals surface area contributed by atoms with Crippen LogP contribution in [0.1, 0.15) is 38.1 Å². The van der Waals surface area contributed by atoms with E-state index in [1.54, 1.807) is 26.8 Å². The highest BCUT2D eigenvalue weighted by molar-refractivity contribution is 5.95. The van der Waals surface area contributed by atoms with Crippen LogP contribution in [-0.2, 0) is 4.74 Å². The summed E-state index contributed by atoms with van der Waals surface area (Å²) in [5.74, 6) is 0.214. The highest BCUT2D eigenvalue weighted by Crippen LogP contribution is 2.11. The lowest BCUT2D eigenvalue weighted by atomic mass is 10.2. The molecule has 0 aliphatic rings. The van der Waals surface area contributed by atoms with E-state index in [2.05, 4.69) is 10.3 Å². The predicted octanol–water partition coefficient (Wildman–Crippen LogP) is 2.63. The molecular formula is C12H16N2O3. The van der Waals surface area contributed by atoms with Gasteiger partial charge in [-0.25, -0.2) is 9.78 Å². The van der Waals surface area contributed by atoms with Gasteiger partial charge in [-0.2, -0.15) is 0 Å². The number of aromatic nitrogens is 1. The normalized spacial score (nSPS) is 10.8. The summed E-state index contributed by atoms with van der Waals surface area (Å²) in [6.07, 6.45) is 0.870. The zero-order valence-corrected chi connectivity index (χ0v) is 10.4. The third kappa shape index (κ3) is 4.63. The largest absolute Gasteiger partial charge is 0.444 e. The Kier molecular flexibility index (Phi) is 3.83. The van der Waals surface area contributed by atoms with Crippen molar-refractivity contribution in [2.75, 3.05) is 5.32 Å². The number of ether oxygens (including phenoxy) is 1. The molecule has 5 heteroatoms. The predicted molar refractivity (Wildman–Crippen MR) is 64.1 cm³/mol. The van der Waals surface area contributed by atoms with Gasteiger partial charge in [0.05, 0.1) is 0 Å².